The Morgan fingerprint density at radius 1 is 1.00 bits per heavy atom. The van der Waals surface area contributed by atoms with E-state index in [1.54, 1.807) is 12.1 Å². The van der Waals surface area contributed by atoms with Crippen molar-refractivity contribution in [2.75, 3.05) is 13.7 Å². The largest absolute Gasteiger partial charge is 0.480 e. The first-order valence-electron chi connectivity index (χ1n) is 9.94. The molecule has 1 aromatic heterocycles. The Morgan fingerprint density at radius 2 is 1.61 bits per heavy atom. The summed E-state index contributed by atoms with van der Waals surface area (Å²) in [6.45, 7) is 0.103. The summed E-state index contributed by atoms with van der Waals surface area (Å²) in [6.07, 6.45) is -0.765. The van der Waals surface area contributed by atoms with Gasteiger partial charge >= 0.3 is 12.1 Å². The van der Waals surface area contributed by atoms with Gasteiger partial charge in [-0.05, 0) is 28.3 Å². The molecular formula is C24H22N2O5. The molecule has 0 bridgehead atoms. The topological polar surface area (TPSA) is 99.7 Å². The van der Waals surface area contributed by atoms with Gasteiger partial charge in [0.1, 0.15) is 12.6 Å². The molecule has 0 aliphatic heterocycles. The van der Waals surface area contributed by atoms with Crippen LogP contribution in [0, 0.1) is 0 Å². The van der Waals surface area contributed by atoms with Crippen molar-refractivity contribution in [1.82, 2.24) is 9.88 Å². The van der Waals surface area contributed by atoms with Gasteiger partial charge in [0.05, 0.1) is 0 Å². The highest BCUT2D eigenvalue weighted by atomic mass is 16.6. The second kappa shape index (κ2) is 8.47. The van der Waals surface area contributed by atoms with Gasteiger partial charge in [0.25, 0.3) is 0 Å². The molecule has 1 heterocycles. The molecule has 3 aromatic rings. The molecule has 0 fully saturated rings. The quantitative estimate of drug-likeness (QED) is 0.640. The van der Waals surface area contributed by atoms with Gasteiger partial charge in [-0.25, -0.2) is 9.59 Å². The maximum absolute atomic E-state index is 12.7. The SMILES string of the molecule is CN(C(=O)OCC1c2ccccc2-c2ccccc21)[C@@H](Cc1cccc(=O)[nH]1)C(=O)O. The van der Waals surface area contributed by atoms with E-state index < -0.39 is 18.1 Å². The summed E-state index contributed by atoms with van der Waals surface area (Å²) in [5.41, 5.74) is 4.49. The zero-order valence-electron chi connectivity index (χ0n) is 16.9. The number of nitrogens with zero attached hydrogens (tertiary/aromatic N) is 1. The van der Waals surface area contributed by atoms with Gasteiger partial charge in [-0.2, -0.15) is 0 Å². The van der Waals surface area contributed by atoms with Crippen molar-refractivity contribution < 1.29 is 19.4 Å². The predicted molar refractivity (Wildman–Crippen MR) is 115 cm³/mol. The second-order valence-electron chi connectivity index (χ2n) is 7.51. The molecule has 2 aromatic carbocycles. The number of H-pyrrole nitrogens is 1. The molecule has 31 heavy (non-hydrogen) atoms. The van der Waals surface area contributed by atoms with Gasteiger partial charge in [0, 0.05) is 31.1 Å². The summed E-state index contributed by atoms with van der Waals surface area (Å²) in [5, 5.41) is 9.62. The van der Waals surface area contributed by atoms with Crippen LogP contribution in [-0.4, -0.2) is 46.7 Å². The molecule has 1 atom stereocenters. The predicted octanol–water partition coefficient (Wildman–Crippen LogP) is 3.25. The number of amides is 1. The Labute approximate surface area is 178 Å². The van der Waals surface area contributed by atoms with Crippen LogP contribution in [0.1, 0.15) is 22.7 Å². The highest BCUT2D eigenvalue weighted by Gasteiger charge is 2.32. The van der Waals surface area contributed by atoms with E-state index in [1.165, 1.54) is 13.1 Å². The zero-order valence-corrected chi connectivity index (χ0v) is 16.9. The Kier molecular flexibility index (Phi) is 5.58. The number of pyridine rings is 1. The summed E-state index contributed by atoms with van der Waals surface area (Å²) in [7, 11) is 1.39. The maximum Gasteiger partial charge on any atom is 0.410 e. The van der Waals surface area contributed by atoms with Crippen molar-refractivity contribution in [2.45, 2.75) is 18.4 Å². The van der Waals surface area contributed by atoms with Crippen LogP contribution in [0.4, 0.5) is 4.79 Å². The molecule has 0 saturated heterocycles. The van der Waals surface area contributed by atoms with Crippen molar-refractivity contribution in [2.24, 2.45) is 0 Å². The number of likely N-dealkylation sites (N-methyl/N-ethyl adjacent to an activating group) is 1. The van der Waals surface area contributed by atoms with Gasteiger partial charge in [0.2, 0.25) is 5.56 Å². The number of benzene rings is 2. The van der Waals surface area contributed by atoms with Crippen molar-refractivity contribution in [3.63, 3.8) is 0 Å². The summed E-state index contributed by atoms with van der Waals surface area (Å²) < 4.78 is 5.55. The summed E-state index contributed by atoms with van der Waals surface area (Å²) in [5.74, 6) is -1.29. The molecule has 0 spiro atoms. The number of ether oxygens (including phenoxy) is 1. The number of carboxylic acid groups (broad SMARTS) is 1. The van der Waals surface area contributed by atoms with E-state index in [1.807, 2.05) is 48.5 Å². The molecule has 158 valence electrons. The van der Waals surface area contributed by atoms with Crippen LogP contribution in [0.25, 0.3) is 11.1 Å². The number of carboxylic acids is 1. The lowest BCUT2D eigenvalue weighted by Gasteiger charge is -2.25. The number of carbonyl (C=O) groups is 2. The highest BCUT2D eigenvalue weighted by molar-refractivity contribution is 5.81. The van der Waals surface area contributed by atoms with Crippen molar-refractivity contribution in [3.8, 4) is 11.1 Å². The van der Waals surface area contributed by atoms with Crippen LogP contribution >= 0.6 is 0 Å². The summed E-state index contributed by atoms with van der Waals surface area (Å²) in [6, 6.07) is 19.3. The average molecular weight is 418 g/mol. The molecule has 7 heteroatoms. The van der Waals surface area contributed by atoms with Crippen LogP contribution in [-0.2, 0) is 16.0 Å². The summed E-state index contributed by atoms with van der Waals surface area (Å²) in [4.78, 5) is 39.6. The third kappa shape index (κ3) is 4.07. The fourth-order valence-electron chi connectivity index (χ4n) is 4.03. The number of carbonyl (C=O) groups excluding carboxylic acids is 1. The van der Waals surface area contributed by atoms with E-state index in [2.05, 4.69) is 4.98 Å². The molecule has 0 unspecified atom stereocenters. The fraction of sp³-hybridized carbons (Fsp3) is 0.208. The molecule has 1 amide bonds. The first kappa shape index (κ1) is 20.4. The van der Waals surface area contributed by atoms with E-state index in [0.29, 0.717) is 5.69 Å². The van der Waals surface area contributed by atoms with E-state index in [0.717, 1.165) is 27.2 Å². The molecule has 2 N–H and O–H groups in total. The number of rotatable bonds is 6. The lowest BCUT2D eigenvalue weighted by atomic mass is 9.98. The van der Waals surface area contributed by atoms with Crippen molar-refractivity contribution >= 4 is 12.1 Å². The van der Waals surface area contributed by atoms with Crippen LogP contribution in [0.5, 0.6) is 0 Å². The molecule has 1 aliphatic carbocycles. The third-order valence-electron chi connectivity index (χ3n) is 5.62. The third-order valence-corrected chi connectivity index (χ3v) is 5.62. The molecule has 4 rings (SSSR count). The van der Waals surface area contributed by atoms with Crippen LogP contribution in [0.2, 0.25) is 0 Å². The minimum absolute atomic E-state index is 0.0356. The monoisotopic (exact) mass is 418 g/mol. The molecule has 0 radical (unpaired) electrons. The first-order valence-corrected chi connectivity index (χ1v) is 9.94. The van der Waals surface area contributed by atoms with Gasteiger partial charge in [-0.3, -0.25) is 9.69 Å². The van der Waals surface area contributed by atoms with E-state index >= 15 is 0 Å². The van der Waals surface area contributed by atoms with E-state index in [9.17, 15) is 19.5 Å². The first-order chi connectivity index (χ1) is 15.0. The molecular weight excluding hydrogens is 396 g/mol. The van der Waals surface area contributed by atoms with Gasteiger partial charge < -0.3 is 14.8 Å². The van der Waals surface area contributed by atoms with E-state index in [4.69, 9.17) is 4.74 Å². The molecule has 1 aliphatic rings. The van der Waals surface area contributed by atoms with Crippen LogP contribution in [0.15, 0.2) is 71.5 Å². The van der Waals surface area contributed by atoms with Crippen LogP contribution in [0.3, 0.4) is 0 Å². The number of hydrogen-bond acceptors (Lipinski definition) is 4. The van der Waals surface area contributed by atoms with Gasteiger partial charge in [-0.1, -0.05) is 54.6 Å². The van der Waals surface area contributed by atoms with Crippen molar-refractivity contribution in [3.05, 3.63) is 93.9 Å². The standard InChI is InChI=1S/C24H22N2O5/c1-26(21(23(28)29)13-15-7-6-12-22(27)25-15)24(30)31-14-20-18-10-4-2-8-16(18)17-9-3-5-11-19(17)20/h2-12,20-21H,13-14H2,1H3,(H,25,27)(H,28,29)/t21-/m0/s1. The zero-order chi connectivity index (χ0) is 22.0. The van der Waals surface area contributed by atoms with Crippen molar-refractivity contribution in [1.29, 1.82) is 0 Å². The smallest absolute Gasteiger partial charge is 0.410 e. The van der Waals surface area contributed by atoms with E-state index in [-0.39, 0.29) is 24.5 Å². The number of hydrogen-bond donors (Lipinski definition) is 2. The Balaban J connectivity index is 1.49. The number of aliphatic carboxylic acids is 1. The minimum atomic E-state index is -1.18. The van der Waals surface area contributed by atoms with Crippen LogP contribution < -0.4 is 5.56 Å². The Bertz CT molecular complexity index is 1140. The lowest BCUT2D eigenvalue weighted by Crippen LogP contribution is -2.44. The second-order valence-corrected chi connectivity index (χ2v) is 7.51. The van der Waals surface area contributed by atoms with Gasteiger partial charge in [0.15, 0.2) is 0 Å². The average Bonchev–Trinajstić information content (AvgIpc) is 3.09. The normalized spacial score (nSPS) is 13.2. The maximum atomic E-state index is 12.7. The number of aromatic amines is 1. The number of fused-ring (bicyclic) bond motifs is 3. The number of aromatic nitrogens is 1. The minimum Gasteiger partial charge on any atom is -0.480 e. The fourth-order valence-corrected chi connectivity index (χ4v) is 4.03. The molecule has 7 nitrogen and oxygen atoms in total. The lowest BCUT2D eigenvalue weighted by molar-refractivity contribution is -0.142. The van der Waals surface area contributed by atoms with Gasteiger partial charge in [-0.15, -0.1) is 0 Å². The number of nitrogens with one attached hydrogen (secondary N) is 1. The highest BCUT2D eigenvalue weighted by Crippen LogP contribution is 2.44. The Hall–Kier alpha value is -3.87. The Morgan fingerprint density at radius 3 is 2.19 bits per heavy atom. The molecule has 0 saturated carbocycles. The summed E-state index contributed by atoms with van der Waals surface area (Å²) >= 11 is 0.